The fourth-order valence-electron chi connectivity index (χ4n) is 4.59. The molecule has 0 radical (unpaired) electrons. The molecule has 2 aliphatic rings. The highest BCUT2D eigenvalue weighted by Crippen LogP contribution is 2.23. The SMILES string of the molecule is CC(NC1CCC[C@@H]1O)c1ccccc1.CC(NC1CCC[C@H]1O)c1ccccc1. The van der Waals surface area contributed by atoms with Gasteiger partial charge in [-0.2, -0.15) is 0 Å². The van der Waals surface area contributed by atoms with Gasteiger partial charge in [-0.05, 0) is 63.5 Å². The number of nitrogens with one attached hydrogen (secondary N) is 2. The molecule has 0 aliphatic heterocycles. The van der Waals surface area contributed by atoms with Crippen LogP contribution in [-0.2, 0) is 0 Å². The molecule has 0 saturated heterocycles. The van der Waals surface area contributed by atoms with Crippen LogP contribution in [-0.4, -0.2) is 34.5 Å². The molecule has 2 aliphatic carbocycles. The molecule has 4 rings (SSSR count). The van der Waals surface area contributed by atoms with Crippen molar-refractivity contribution in [2.45, 2.75) is 88.7 Å². The molecule has 4 nitrogen and oxygen atoms in total. The van der Waals surface area contributed by atoms with E-state index >= 15 is 0 Å². The number of aliphatic hydroxyl groups is 2. The van der Waals surface area contributed by atoms with E-state index in [-0.39, 0.29) is 24.3 Å². The molecular weight excluding hydrogens is 372 g/mol. The van der Waals surface area contributed by atoms with E-state index in [1.54, 1.807) is 0 Å². The molecule has 0 heterocycles. The molecule has 4 heteroatoms. The third kappa shape index (κ3) is 6.64. The lowest BCUT2D eigenvalue weighted by atomic mass is 10.1. The van der Waals surface area contributed by atoms with Crippen molar-refractivity contribution >= 4 is 0 Å². The summed E-state index contributed by atoms with van der Waals surface area (Å²) in [5.41, 5.74) is 2.58. The van der Waals surface area contributed by atoms with Gasteiger partial charge in [-0.25, -0.2) is 0 Å². The summed E-state index contributed by atoms with van der Waals surface area (Å²) in [6, 6.07) is 22.0. The van der Waals surface area contributed by atoms with Crippen molar-refractivity contribution in [2.24, 2.45) is 0 Å². The van der Waals surface area contributed by atoms with E-state index in [0.717, 1.165) is 38.5 Å². The van der Waals surface area contributed by atoms with Crippen LogP contribution in [0.25, 0.3) is 0 Å². The zero-order chi connectivity index (χ0) is 21.3. The van der Waals surface area contributed by atoms with Crippen molar-refractivity contribution in [1.82, 2.24) is 10.6 Å². The quantitative estimate of drug-likeness (QED) is 0.566. The van der Waals surface area contributed by atoms with Gasteiger partial charge >= 0.3 is 0 Å². The minimum absolute atomic E-state index is 0.156. The fourth-order valence-corrected chi connectivity index (χ4v) is 4.59. The molecule has 0 spiro atoms. The van der Waals surface area contributed by atoms with Gasteiger partial charge in [-0.3, -0.25) is 0 Å². The maximum atomic E-state index is 9.72. The number of aliphatic hydroxyl groups excluding tert-OH is 2. The normalized spacial score (nSPS) is 27.9. The van der Waals surface area contributed by atoms with Crippen LogP contribution >= 0.6 is 0 Å². The summed E-state index contributed by atoms with van der Waals surface area (Å²) in [6.07, 6.45) is 6.04. The maximum absolute atomic E-state index is 9.72. The predicted octanol–water partition coefficient (Wildman–Crippen LogP) is 4.50. The molecule has 0 bridgehead atoms. The van der Waals surface area contributed by atoms with Crippen LogP contribution in [0.4, 0.5) is 0 Å². The summed E-state index contributed by atoms with van der Waals surface area (Å²) < 4.78 is 0. The summed E-state index contributed by atoms with van der Waals surface area (Å²) in [6.45, 7) is 4.31. The van der Waals surface area contributed by atoms with Crippen molar-refractivity contribution in [3.05, 3.63) is 71.8 Å². The molecule has 0 amide bonds. The van der Waals surface area contributed by atoms with Gasteiger partial charge in [0.05, 0.1) is 12.2 Å². The minimum Gasteiger partial charge on any atom is -0.392 e. The Morgan fingerprint density at radius 1 is 0.633 bits per heavy atom. The molecule has 2 aromatic carbocycles. The molecule has 2 saturated carbocycles. The topological polar surface area (TPSA) is 64.5 Å². The van der Waals surface area contributed by atoms with E-state index in [4.69, 9.17) is 0 Å². The molecule has 2 aromatic rings. The second kappa shape index (κ2) is 11.6. The molecule has 2 fully saturated rings. The number of rotatable bonds is 6. The second-order valence-corrected chi connectivity index (χ2v) is 8.81. The Kier molecular flexibility index (Phi) is 8.88. The first-order chi connectivity index (χ1) is 14.5. The lowest BCUT2D eigenvalue weighted by Gasteiger charge is -2.22. The summed E-state index contributed by atoms with van der Waals surface area (Å²) in [5, 5.41) is 26.4. The first-order valence-electron chi connectivity index (χ1n) is 11.5. The summed E-state index contributed by atoms with van der Waals surface area (Å²) in [4.78, 5) is 0. The van der Waals surface area contributed by atoms with Crippen molar-refractivity contribution in [2.75, 3.05) is 0 Å². The number of hydrogen-bond donors (Lipinski definition) is 4. The van der Waals surface area contributed by atoms with Gasteiger partial charge in [0.15, 0.2) is 0 Å². The standard InChI is InChI=1S/2C13H19NO/c2*1-10(11-6-3-2-4-7-11)14-12-8-5-9-13(12)15/h2*2-4,6-7,10,12-15H,5,8-9H2,1H3/t2*10?,12?,13-/m10/s1. The van der Waals surface area contributed by atoms with Crippen molar-refractivity contribution in [3.8, 4) is 0 Å². The summed E-state index contributed by atoms with van der Waals surface area (Å²) in [7, 11) is 0. The highest BCUT2D eigenvalue weighted by Gasteiger charge is 2.27. The molecule has 4 unspecified atom stereocenters. The van der Waals surface area contributed by atoms with Crippen LogP contribution < -0.4 is 10.6 Å². The third-order valence-electron chi connectivity index (χ3n) is 6.49. The van der Waals surface area contributed by atoms with E-state index in [0.29, 0.717) is 12.1 Å². The molecule has 0 aromatic heterocycles. The maximum Gasteiger partial charge on any atom is 0.0693 e. The predicted molar refractivity (Wildman–Crippen MR) is 123 cm³/mol. The lowest BCUT2D eigenvalue weighted by molar-refractivity contribution is 0.144. The Bertz CT molecular complexity index is 661. The zero-order valence-corrected chi connectivity index (χ0v) is 18.4. The van der Waals surface area contributed by atoms with E-state index in [1.807, 2.05) is 12.1 Å². The Labute approximate surface area is 181 Å². The Morgan fingerprint density at radius 3 is 1.30 bits per heavy atom. The largest absolute Gasteiger partial charge is 0.392 e. The van der Waals surface area contributed by atoms with Gasteiger partial charge in [0.2, 0.25) is 0 Å². The summed E-state index contributed by atoms with van der Waals surface area (Å²) in [5.74, 6) is 0. The Balaban J connectivity index is 0.000000171. The van der Waals surface area contributed by atoms with Gasteiger partial charge in [0, 0.05) is 24.2 Å². The zero-order valence-electron chi connectivity index (χ0n) is 18.4. The van der Waals surface area contributed by atoms with Crippen LogP contribution in [0.2, 0.25) is 0 Å². The molecule has 4 N–H and O–H groups in total. The Hall–Kier alpha value is -1.72. The number of hydrogen-bond acceptors (Lipinski definition) is 4. The van der Waals surface area contributed by atoms with Gasteiger partial charge in [0.1, 0.15) is 0 Å². The van der Waals surface area contributed by atoms with E-state index in [1.165, 1.54) is 11.1 Å². The van der Waals surface area contributed by atoms with Crippen molar-refractivity contribution < 1.29 is 10.2 Å². The smallest absolute Gasteiger partial charge is 0.0693 e. The third-order valence-corrected chi connectivity index (χ3v) is 6.49. The summed E-state index contributed by atoms with van der Waals surface area (Å²) >= 11 is 0. The van der Waals surface area contributed by atoms with Gasteiger partial charge in [0.25, 0.3) is 0 Å². The lowest BCUT2D eigenvalue weighted by Crippen LogP contribution is -2.37. The first-order valence-corrected chi connectivity index (χ1v) is 11.5. The first kappa shape index (κ1) is 23.0. The van der Waals surface area contributed by atoms with Gasteiger partial charge < -0.3 is 20.8 Å². The average Bonchev–Trinajstić information content (AvgIpc) is 3.37. The fraction of sp³-hybridized carbons (Fsp3) is 0.538. The van der Waals surface area contributed by atoms with Crippen LogP contribution in [0.3, 0.4) is 0 Å². The van der Waals surface area contributed by atoms with Crippen molar-refractivity contribution in [1.29, 1.82) is 0 Å². The van der Waals surface area contributed by atoms with Crippen LogP contribution in [0.1, 0.15) is 75.6 Å². The highest BCUT2D eigenvalue weighted by molar-refractivity contribution is 5.19. The minimum atomic E-state index is -0.156. The van der Waals surface area contributed by atoms with Crippen LogP contribution in [0, 0.1) is 0 Å². The molecular formula is C26H38N2O2. The Morgan fingerprint density at radius 2 is 1.00 bits per heavy atom. The van der Waals surface area contributed by atoms with Crippen LogP contribution in [0.5, 0.6) is 0 Å². The highest BCUT2D eigenvalue weighted by atomic mass is 16.3. The van der Waals surface area contributed by atoms with Gasteiger partial charge in [-0.15, -0.1) is 0 Å². The van der Waals surface area contributed by atoms with Gasteiger partial charge in [-0.1, -0.05) is 60.7 Å². The van der Waals surface area contributed by atoms with Crippen LogP contribution in [0.15, 0.2) is 60.7 Å². The molecule has 30 heavy (non-hydrogen) atoms. The van der Waals surface area contributed by atoms with E-state index in [2.05, 4.69) is 73.0 Å². The molecule has 6 atom stereocenters. The van der Waals surface area contributed by atoms with E-state index in [9.17, 15) is 10.2 Å². The van der Waals surface area contributed by atoms with E-state index < -0.39 is 0 Å². The second-order valence-electron chi connectivity index (χ2n) is 8.81. The number of benzene rings is 2. The monoisotopic (exact) mass is 410 g/mol. The van der Waals surface area contributed by atoms with Crippen molar-refractivity contribution in [3.63, 3.8) is 0 Å². The molecule has 164 valence electrons. The average molecular weight is 411 g/mol.